The van der Waals surface area contributed by atoms with Crippen LogP contribution >= 0.6 is 0 Å². The van der Waals surface area contributed by atoms with Gasteiger partial charge in [-0.2, -0.15) is 5.10 Å². The van der Waals surface area contributed by atoms with Gasteiger partial charge in [0.25, 0.3) is 5.91 Å². The van der Waals surface area contributed by atoms with Gasteiger partial charge in [0.05, 0.1) is 18.9 Å². The molecule has 5 nitrogen and oxygen atoms in total. The van der Waals surface area contributed by atoms with Crippen molar-refractivity contribution in [1.82, 2.24) is 5.43 Å². The summed E-state index contributed by atoms with van der Waals surface area (Å²) in [6.07, 6.45) is 1.55. The van der Waals surface area contributed by atoms with Crippen LogP contribution in [0.4, 0.5) is 0 Å². The van der Waals surface area contributed by atoms with Gasteiger partial charge in [0, 0.05) is 5.56 Å². The fourth-order valence-corrected chi connectivity index (χ4v) is 3.21. The summed E-state index contributed by atoms with van der Waals surface area (Å²) >= 11 is 0. The van der Waals surface area contributed by atoms with Crippen molar-refractivity contribution in [2.45, 2.75) is 0 Å². The number of hydrazone groups is 1. The van der Waals surface area contributed by atoms with Gasteiger partial charge in [-0.1, -0.05) is 54.6 Å². The summed E-state index contributed by atoms with van der Waals surface area (Å²) in [7, 11) is 1.59. The fraction of sp³-hybridized carbons (Fsp3) is 0.0435. The van der Waals surface area contributed by atoms with E-state index in [0.717, 1.165) is 27.1 Å². The predicted octanol–water partition coefficient (Wildman–Crippen LogP) is 4.47. The normalized spacial score (nSPS) is 11.2. The van der Waals surface area contributed by atoms with Crippen LogP contribution in [0.3, 0.4) is 0 Å². The van der Waals surface area contributed by atoms with Crippen LogP contribution in [0.25, 0.3) is 21.5 Å². The molecule has 0 aliphatic heterocycles. The van der Waals surface area contributed by atoms with Crippen molar-refractivity contribution in [1.29, 1.82) is 0 Å². The Morgan fingerprint density at radius 1 is 0.964 bits per heavy atom. The molecule has 1 amide bonds. The van der Waals surface area contributed by atoms with E-state index in [4.69, 9.17) is 4.74 Å². The third kappa shape index (κ3) is 3.25. The second-order valence-electron chi connectivity index (χ2n) is 6.32. The standard InChI is InChI=1S/C23H18N2O3/c1-28-22-11-10-15-6-4-5-9-18(15)20(22)14-24-25-23(27)19-12-16-7-2-3-8-17(16)13-21(19)26/h2-14,26H,1H3,(H,25,27)/b24-14-. The fourth-order valence-electron chi connectivity index (χ4n) is 3.21. The molecule has 0 atom stereocenters. The summed E-state index contributed by atoms with van der Waals surface area (Å²) in [6.45, 7) is 0. The third-order valence-electron chi connectivity index (χ3n) is 4.62. The highest BCUT2D eigenvalue weighted by Crippen LogP contribution is 2.27. The SMILES string of the molecule is COc1ccc2ccccc2c1/C=N\NC(=O)c1cc2ccccc2cc1O. The van der Waals surface area contributed by atoms with E-state index in [0.29, 0.717) is 5.75 Å². The molecular weight excluding hydrogens is 352 g/mol. The zero-order valence-corrected chi connectivity index (χ0v) is 15.2. The Hall–Kier alpha value is -3.86. The number of hydrogen-bond acceptors (Lipinski definition) is 4. The second kappa shape index (κ2) is 7.40. The van der Waals surface area contributed by atoms with Crippen LogP contribution in [0.2, 0.25) is 0 Å². The maximum absolute atomic E-state index is 12.5. The van der Waals surface area contributed by atoms with Crippen LogP contribution < -0.4 is 10.2 Å². The van der Waals surface area contributed by atoms with Crippen molar-refractivity contribution < 1.29 is 14.6 Å². The van der Waals surface area contributed by atoms with Crippen LogP contribution in [0.1, 0.15) is 15.9 Å². The largest absolute Gasteiger partial charge is 0.507 e. The molecule has 0 aliphatic carbocycles. The van der Waals surface area contributed by atoms with E-state index in [1.54, 1.807) is 25.5 Å². The maximum atomic E-state index is 12.5. The Morgan fingerprint density at radius 2 is 1.64 bits per heavy atom. The van der Waals surface area contributed by atoms with Crippen molar-refractivity contribution in [3.63, 3.8) is 0 Å². The molecule has 0 aromatic heterocycles. The monoisotopic (exact) mass is 370 g/mol. The van der Waals surface area contributed by atoms with Crippen LogP contribution in [0.5, 0.6) is 11.5 Å². The lowest BCUT2D eigenvalue weighted by Gasteiger charge is -2.09. The molecule has 0 aliphatic rings. The number of phenols is 1. The highest BCUT2D eigenvalue weighted by atomic mass is 16.5. The van der Waals surface area contributed by atoms with Crippen molar-refractivity contribution >= 4 is 33.7 Å². The molecule has 5 heteroatoms. The van der Waals surface area contributed by atoms with Gasteiger partial charge in [-0.3, -0.25) is 4.79 Å². The lowest BCUT2D eigenvalue weighted by molar-refractivity contribution is 0.0952. The Kier molecular flexibility index (Phi) is 4.64. The van der Waals surface area contributed by atoms with Gasteiger partial charge in [0.2, 0.25) is 0 Å². The predicted molar refractivity (Wildman–Crippen MR) is 111 cm³/mol. The molecule has 4 aromatic carbocycles. The summed E-state index contributed by atoms with van der Waals surface area (Å²) in [5, 5.41) is 18.0. The van der Waals surface area contributed by atoms with Crippen LogP contribution in [-0.2, 0) is 0 Å². The number of phenolic OH excluding ortho intramolecular Hbond substituents is 1. The third-order valence-corrected chi connectivity index (χ3v) is 4.62. The number of nitrogens with one attached hydrogen (secondary N) is 1. The molecule has 0 unspecified atom stereocenters. The van der Waals surface area contributed by atoms with Gasteiger partial charge in [-0.15, -0.1) is 0 Å². The molecule has 138 valence electrons. The molecule has 2 N–H and O–H groups in total. The number of hydrogen-bond donors (Lipinski definition) is 2. The van der Waals surface area contributed by atoms with E-state index in [-0.39, 0.29) is 11.3 Å². The van der Waals surface area contributed by atoms with Crippen molar-refractivity contribution in [3.05, 3.63) is 83.9 Å². The Labute approximate surface area is 161 Å². The number of fused-ring (bicyclic) bond motifs is 2. The quantitative estimate of drug-likeness (QED) is 0.411. The van der Waals surface area contributed by atoms with Gasteiger partial charge >= 0.3 is 0 Å². The number of carbonyl (C=O) groups is 1. The van der Waals surface area contributed by atoms with Crippen molar-refractivity contribution in [2.75, 3.05) is 7.11 Å². The highest BCUT2D eigenvalue weighted by Gasteiger charge is 2.12. The molecule has 4 aromatic rings. The molecule has 0 radical (unpaired) electrons. The first-order valence-electron chi connectivity index (χ1n) is 8.78. The molecule has 4 rings (SSSR count). The Bertz CT molecular complexity index is 1220. The van der Waals surface area contributed by atoms with Gasteiger partial charge in [-0.05, 0) is 39.7 Å². The zero-order chi connectivity index (χ0) is 19.5. The topological polar surface area (TPSA) is 70.9 Å². The number of benzene rings is 4. The molecule has 28 heavy (non-hydrogen) atoms. The van der Waals surface area contributed by atoms with E-state index < -0.39 is 5.91 Å². The minimum atomic E-state index is -0.487. The van der Waals surface area contributed by atoms with Gasteiger partial charge in [0.15, 0.2) is 0 Å². The summed E-state index contributed by atoms with van der Waals surface area (Å²) in [5.41, 5.74) is 3.42. The molecule has 0 spiro atoms. The number of carbonyl (C=O) groups excluding carboxylic acids is 1. The first-order chi connectivity index (χ1) is 13.7. The van der Waals surface area contributed by atoms with Crippen LogP contribution in [-0.4, -0.2) is 24.3 Å². The molecule has 0 saturated heterocycles. The first-order valence-corrected chi connectivity index (χ1v) is 8.78. The zero-order valence-electron chi connectivity index (χ0n) is 15.2. The smallest absolute Gasteiger partial charge is 0.275 e. The van der Waals surface area contributed by atoms with Gasteiger partial charge < -0.3 is 9.84 Å². The average Bonchev–Trinajstić information content (AvgIpc) is 2.73. The van der Waals surface area contributed by atoms with Crippen molar-refractivity contribution in [3.8, 4) is 11.5 Å². The number of aromatic hydroxyl groups is 1. The van der Waals surface area contributed by atoms with Crippen molar-refractivity contribution in [2.24, 2.45) is 5.10 Å². The first kappa shape index (κ1) is 17.5. The molecule has 0 heterocycles. The van der Waals surface area contributed by atoms with Crippen LogP contribution in [0.15, 0.2) is 77.9 Å². The van der Waals surface area contributed by atoms with Gasteiger partial charge in [-0.25, -0.2) is 5.43 Å². The number of rotatable bonds is 4. The Balaban J connectivity index is 1.63. The molecule has 0 fully saturated rings. The lowest BCUT2D eigenvalue weighted by atomic mass is 10.0. The molecule has 0 saturated carbocycles. The number of amides is 1. The van der Waals surface area contributed by atoms with E-state index in [1.165, 1.54) is 0 Å². The maximum Gasteiger partial charge on any atom is 0.275 e. The average molecular weight is 370 g/mol. The number of ether oxygens (including phenoxy) is 1. The van der Waals surface area contributed by atoms with Gasteiger partial charge in [0.1, 0.15) is 11.5 Å². The number of nitrogens with zero attached hydrogens (tertiary/aromatic N) is 1. The minimum Gasteiger partial charge on any atom is -0.507 e. The van der Waals surface area contributed by atoms with E-state index >= 15 is 0 Å². The Morgan fingerprint density at radius 3 is 2.39 bits per heavy atom. The van der Waals surface area contributed by atoms with Crippen LogP contribution in [0, 0.1) is 0 Å². The molecule has 0 bridgehead atoms. The minimum absolute atomic E-state index is 0.0888. The van der Waals surface area contributed by atoms with E-state index in [2.05, 4.69) is 10.5 Å². The summed E-state index contributed by atoms with van der Waals surface area (Å²) in [6, 6.07) is 22.4. The summed E-state index contributed by atoms with van der Waals surface area (Å²) in [5.74, 6) is 0.0816. The second-order valence-corrected chi connectivity index (χ2v) is 6.32. The number of methoxy groups -OCH3 is 1. The summed E-state index contributed by atoms with van der Waals surface area (Å²) in [4.78, 5) is 12.5. The molecular formula is C23H18N2O3. The van der Waals surface area contributed by atoms with E-state index in [9.17, 15) is 9.90 Å². The highest BCUT2D eigenvalue weighted by molar-refractivity contribution is 6.04. The van der Waals surface area contributed by atoms with E-state index in [1.807, 2.05) is 60.7 Å². The lowest BCUT2D eigenvalue weighted by Crippen LogP contribution is -2.17. The summed E-state index contributed by atoms with van der Waals surface area (Å²) < 4.78 is 5.42.